The molecule has 68 valence electrons. The Bertz CT molecular complexity index is 202. The first-order chi connectivity index (χ1) is 5.74. The molecular weight excluding hydrogens is 156 g/mol. The predicted octanol–water partition coefficient (Wildman–Crippen LogP) is 0.566. The van der Waals surface area contributed by atoms with Crippen molar-refractivity contribution in [3.8, 4) is 0 Å². The van der Waals surface area contributed by atoms with Gasteiger partial charge in [0.05, 0.1) is 19.1 Å². The smallest absolute Gasteiger partial charge is 0.309 e. The summed E-state index contributed by atoms with van der Waals surface area (Å²) < 4.78 is 4.71. The molecule has 3 heteroatoms. The van der Waals surface area contributed by atoms with Crippen molar-refractivity contribution < 1.29 is 14.6 Å². The third-order valence-corrected chi connectivity index (χ3v) is 3.35. The number of aliphatic hydroxyl groups excluding tert-OH is 1. The quantitative estimate of drug-likeness (QED) is 0.585. The van der Waals surface area contributed by atoms with Gasteiger partial charge < -0.3 is 9.84 Å². The molecule has 0 heterocycles. The highest BCUT2D eigenvalue weighted by atomic mass is 16.5. The van der Waals surface area contributed by atoms with Gasteiger partial charge in [-0.3, -0.25) is 4.79 Å². The van der Waals surface area contributed by atoms with E-state index in [1.54, 1.807) is 0 Å². The zero-order chi connectivity index (χ0) is 8.72. The van der Waals surface area contributed by atoms with E-state index in [1.165, 1.54) is 7.11 Å². The number of hydrogen-bond acceptors (Lipinski definition) is 3. The van der Waals surface area contributed by atoms with Crippen molar-refractivity contribution >= 4 is 5.97 Å². The monoisotopic (exact) mass is 170 g/mol. The van der Waals surface area contributed by atoms with Crippen molar-refractivity contribution in [3.63, 3.8) is 0 Å². The van der Waals surface area contributed by atoms with E-state index < -0.39 is 0 Å². The minimum Gasteiger partial charge on any atom is -0.469 e. The molecule has 2 aliphatic rings. The summed E-state index contributed by atoms with van der Waals surface area (Å²) in [4.78, 5) is 11.3. The third-order valence-electron chi connectivity index (χ3n) is 3.35. The van der Waals surface area contributed by atoms with Gasteiger partial charge in [0.1, 0.15) is 0 Å². The Labute approximate surface area is 71.7 Å². The maximum absolute atomic E-state index is 11.3. The van der Waals surface area contributed by atoms with E-state index in [0.29, 0.717) is 5.92 Å². The van der Waals surface area contributed by atoms with E-state index in [4.69, 9.17) is 4.74 Å². The highest BCUT2D eigenvalue weighted by Gasteiger charge is 2.51. The van der Waals surface area contributed by atoms with Gasteiger partial charge in [0, 0.05) is 0 Å². The molecule has 4 atom stereocenters. The first-order valence-corrected chi connectivity index (χ1v) is 4.50. The summed E-state index contributed by atoms with van der Waals surface area (Å²) in [6.45, 7) is 0. The van der Waals surface area contributed by atoms with Gasteiger partial charge in [-0.1, -0.05) is 0 Å². The fourth-order valence-electron chi connectivity index (χ4n) is 2.80. The predicted molar refractivity (Wildman–Crippen MR) is 42.3 cm³/mol. The molecule has 2 bridgehead atoms. The molecule has 0 unspecified atom stereocenters. The normalized spacial score (nSPS) is 44.8. The molecule has 0 aromatic carbocycles. The molecule has 0 aliphatic heterocycles. The van der Waals surface area contributed by atoms with Crippen LogP contribution in [-0.2, 0) is 9.53 Å². The summed E-state index contributed by atoms with van der Waals surface area (Å²) in [6, 6.07) is 0. The van der Waals surface area contributed by atoms with Gasteiger partial charge in [-0.2, -0.15) is 0 Å². The largest absolute Gasteiger partial charge is 0.469 e. The average molecular weight is 170 g/mol. The number of carbonyl (C=O) groups is 1. The fraction of sp³-hybridized carbons (Fsp3) is 0.889. The minimum atomic E-state index is -0.257. The molecule has 2 fully saturated rings. The van der Waals surface area contributed by atoms with E-state index in [0.717, 1.165) is 19.3 Å². The van der Waals surface area contributed by atoms with Crippen molar-refractivity contribution in [3.05, 3.63) is 0 Å². The molecule has 1 N–H and O–H groups in total. The molecule has 0 radical (unpaired) electrons. The second-order valence-corrected chi connectivity index (χ2v) is 3.85. The van der Waals surface area contributed by atoms with E-state index in [1.807, 2.05) is 0 Å². The Morgan fingerprint density at radius 1 is 1.50 bits per heavy atom. The number of methoxy groups -OCH3 is 1. The lowest BCUT2D eigenvalue weighted by atomic mass is 9.97. The van der Waals surface area contributed by atoms with Crippen LogP contribution >= 0.6 is 0 Å². The molecule has 3 nitrogen and oxygen atoms in total. The number of ether oxygens (including phenoxy) is 1. The van der Waals surface area contributed by atoms with E-state index in [9.17, 15) is 9.90 Å². The molecule has 2 rings (SSSR count). The minimum absolute atomic E-state index is 0.00926. The molecule has 12 heavy (non-hydrogen) atoms. The molecule has 2 aliphatic carbocycles. The third kappa shape index (κ3) is 0.959. The lowest BCUT2D eigenvalue weighted by Crippen LogP contribution is -2.23. The average Bonchev–Trinajstić information content (AvgIpc) is 2.59. The summed E-state index contributed by atoms with van der Waals surface area (Å²) in [5.41, 5.74) is 0. The Morgan fingerprint density at radius 2 is 2.25 bits per heavy atom. The van der Waals surface area contributed by atoms with Gasteiger partial charge in [-0.25, -0.2) is 0 Å². The summed E-state index contributed by atoms with van der Waals surface area (Å²) in [5, 5.41) is 9.53. The second-order valence-electron chi connectivity index (χ2n) is 3.85. The molecule has 2 saturated carbocycles. The summed E-state index contributed by atoms with van der Waals surface area (Å²) in [7, 11) is 1.42. The molecule has 0 spiro atoms. The van der Waals surface area contributed by atoms with E-state index >= 15 is 0 Å². The maximum atomic E-state index is 11.3. The second kappa shape index (κ2) is 2.73. The van der Waals surface area contributed by atoms with Crippen molar-refractivity contribution in [2.24, 2.45) is 17.8 Å². The molecule has 0 aromatic rings. The van der Waals surface area contributed by atoms with Crippen LogP contribution in [0, 0.1) is 17.8 Å². The SMILES string of the molecule is COC(=O)[C@@H]1[C@@H]2CC[C@@H]1[C@@H](O)C2. The number of carbonyl (C=O) groups excluding carboxylic acids is 1. The zero-order valence-electron chi connectivity index (χ0n) is 7.19. The van der Waals surface area contributed by atoms with Crippen LogP contribution in [0.15, 0.2) is 0 Å². The van der Waals surface area contributed by atoms with Gasteiger partial charge in [0.2, 0.25) is 0 Å². The van der Waals surface area contributed by atoms with Crippen LogP contribution in [0.2, 0.25) is 0 Å². The Hall–Kier alpha value is -0.570. The number of aliphatic hydroxyl groups is 1. The van der Waals surface area contributed by atoms with Crippen LogP contribution in [0.1, 0.15) is 19.3 Å². The summed E-state index contributed by atoms with van der Waals surface area (Å²) in [6.07, 6.45) is 2.62. The van der Waals surface area contributed by atoms with Gasteiger partial charge in [0.25, 0.3) is 0 Å². The standard InChI is InChI=1S/C9H14O3/c1-12-9(11)8-5-2-3-6(8)7(10)4-5/h5-8,10H,2-4H2,1H3/t5-,6-,7+,8-/m1/s1. The summed E-state index contributed by atoms with van der Waals surface area (Å²) >= 11 is 0. The Morgan fingerprint density at radius 3 is 2.67 bits per heavy atom. The van der Waals surface area contributed by atoms with Crippen molar-refractivity contribution in [1.82, 2.24) is 0 Å². The number of rotatable bonds is 1. The number of hydrogen-bond donors (Lipinski definition) is 1. The topological polar surface area (TPSA) is 46.5 Å². The van der Waals surface area contributed by atoms with Gasteiger partial charge in [-0.05, 0) is 31.1 Å². The highest BCUT2D eigenvalue weighted by Crippen LogP contribution is 2.49. The summed E-state index contributed by atoms with van der Waals surface area (Å²) in [5.74, 6) is 0.434. The van der Waals surface area contributed by atoms with E-state index in [2.05, 4.69) is 0 Å². The van der Waals surface area contributed by atoms with Crippen molar-refractivity contribution in [2.75, 3.05) is 7.11 Å². The van der Waals surface area contributed by atoms with Crippen molar-refractivity contribution in [1.29, 1.82) is 0 Å². The van der Waals surface area contributed by atoms with Crippen LogP contribution in [-0.4, -0.2) is 24.3 Å². The molecule has 0 saturated heterocycles. The lowest BCUT2D eigenvalue weighted by molar-refractivity contribution is -0.147. The highest BCUT2D eigenvalue weighted by molar-refractivity contribution is 5.74. The molecular formula is C9H14O3. The van der Waals surface area contributed by atoms with Gasteiger partial charge in [0.15, 0.2) is 0 Å². The maximum Gasteiger partial charge on any atom is 0.309 e. The van der Waals surface area contributed by atoms with Gasteiger partial charge in [-0.15, -0.1) is 0 Å². The molecule has 0 amide bonds. The Kier molecular flexibility index (Phi) is 1.83. The first-order valence-electron chi connectivity index (χ1n) is 4.50. The lowest BCUT2D eigenvalue weighted by Gasteiger charge is -2.15. The van der Waals surface area contributed by atoms with E-state index in [-0.39, 0.29) is 23.9 Å². The van der Waals surface area contributed by atoms with Crippen LogP contribution in [0.25, 0.3) is 0 Å². The first kappa shape index (κ1) is 8.05. The zero-order valence-corrected chi connectivity index (χ0v) is 7.19. The fourth-order valence-corrected chi connectivity index (χ4v) is 2.80. The molecule has 0 aromatic heterocycles. The van der Waals surface area contributed by atoms with Crippen LogP contribution in [0.4, 0.5) is 0 Å². The van der Waals surface area contributed by atoms with Gasteiger partial charge >= 0.3 is 5.97 Å². The Balaban J connectivity index is 2.13. The van der Waals surface area contributed by atoms with Crippen LogP contribution in [0.3, 0.4) is 0 Å². The van der Waals surface area contributed by atoms with Crippen LogP contribution in [0.5, 0.6) is 0 Å². The number of esters is 1. The number of fused-ring (bicyclic) bond motifs is 2. The van der Waals surface area contributed by atoms with Crippen molar-refractivity contribution in [2.45, 2.75) is 25.4 Å². The van der Waals surface area contributed by atoms with Crippen LogP contribution < -0.4 is 0 Å².